The number of anilines is 1. The Morgan fingerprint density at radius 1 is 1.19 bits per heavy atom. The van der Waals surface area contributed by atoms with Crippen LogP contribution in [0.2, 0.25) is 0 Å². The van der Waals surface area contributed by atoms with Crippen LogP contribution in [0.5, 0.6) is 0 Å². The van der Waals surface area contributed by atoms with Gasteiger partial charge in [-0.25, -0.2) is 4.98 Å². The van der Waals surface area contributed by atoms with Gasteiger partial charge in [0.05, 0.1) is 10.4 Å². The number of nitrogens with zero attached hydrogens (tertiary/aromatic N) is 2. The molecule has 110 valence electrons. The minimum Gasteiger partial charge on any atom is -0.367 e. The van der Waals surface area contributed by atoms with Crippen LogP contribution in [0.3, 0.4) is 0 Å². The minimum atomic E-state index is -0.380. The molecular weight excluding hydrogens is 266 g/mol. The number of nitro benzene ring substituents is 1. The van der Waals surface area contributed by atoms with Crippen molar-refractivity contribution >= 4 is 22.4 Å². The molecule has 2 aromatic rings. The number of pyridine rings is 1. The van der Waals surface area contributed by atoms with Crippen molar-refractivity contribution in [1.29, 1.82) is 0 Å². The highest BCUT2D eigenvalue weighted by molar-refractivity contribution is 5.82. The molecule has 0 atom stereocenters. The maximum atomic E-state index is 10.8. The Morgan fingerprint density at radius 2 is 1.95 bits per heavy atom. The van der Waals surface area contributed by atoms with E-state index in [4.69, 9.17) is 0 Å². The van der Waals surface area contributed by atoms with Crippen molar-refractivity contribution in [3.63, 3.8) is 0 Å². The van der Waals surface area contributed by atoms with Crippen molar-refractivity contribution in [2.24, 2.45) is 5.92 Å². The van der Waals surface area contributed by atoms with E-state index in [0.717, 1.165) is 22.6 Å². The number of nitro groups is 1. The molecule has 1 aromatic heterocycles. The van der Waals surface area contributed by atoms with Gasteiger partial charge in [0.1, 0.15) is 5.82 Å². The van der Waals surface area contributed by atoms with Gasteiger partial charge in [0.15, 0.2) is 0 Å². The van der Waals surface area contributed by atoms with E-state index >= 15 is 0 Å². The smallest absolute Gasteiger partial charge is 0.270 e. The Balaban J connectivity index is 1.78. The standard InChI is InChI=1S/C16H19N3O2/c1-11-2-5-13(6-3-11)17-16-9-4-12-10-14(19(20)21)7-8-15(12)18-16/h4,7-11,13H,2-3,5-6H2,1H3,(H,17,18). The third kappa shape index (κ3) is 3.12. The fourth-order valence-corrected chi connectivity index (χ4v) is 2.92. The van der Waals surface area contributed by atoms with Gasteiger partial charge in [0, 0.05) is 23.6 Å². The highest BCUT2D eigenvalue weighted by Gasteiger charge is 2.18. The van der Waals surface area contributed by atoms with Crippen LogP contribution < -0.4 is 5.32 Å². The van der Waals surface area contributed by atoms with Crippen LogP contribution in [0.15, 0.2) is 30.3 Å². The van der Waals surface area contributed by atoms with Crippen molar-refractivity contribution in [2.45, 2.75) is 38.6 Å². The second-order valence-electron chi connectivity index (χ2n) is 5.93. The molecule has 0 unspecified atom stereocenters. The summed E-state index contributed by atoms with van der Waals surface area (Å²) in [6.07, 6.45) is 4.89. The fourth-order valence-electron chi connectivity index (χ4n) is 2.92. The lowest BCUT2D eigenvalue weighted by atomic mass is 9.87. The number of benzene rings is 1. The molecule has 1 aliphatic carbocycles. The Labute approximate surface area is 123 Å². The molecule has 1 N–H and O–H groups in total. The molecule has 0 bridgehead atoms. The van der Waals surface area contributed by atoms with Gasteiger partial charge in [0.25, 0.3) is 5.69 Å². The van der Waals surface area contributed by atoms with E-state index < -0.39 is 0 Å². The largest absolute Gasteiger partial charge is 0.367 e. The van der Waals surface area contributed by atoms with Crippen LogP contribution in [0.1, 0.15) is 32.6 Å². The number of non-ortho nitro benzene ring substituents is 1. The van der Waals surface area contributed by atoms with Gasteiger partial charge in [-0.3, -0.25) is 10.1 Å². The third-order valence-corrected chi connectivity index (χ3v) is 4.25. The molecular formula is C16H19N3O2. The van der Waals surface area contributed by atoms with Crippen LogP contribution in [0.25, 0.3) is 10.9 Å². The topological polar surface area (TPSA) is 68.1 Å². The van der Waals surface area contributed by atoms with E-state index in [1.165, 1.54) is 31.7 Å². The molecule has 1 fully saturated rings. The fraction of sp³-hybridized carbons (Fsp3) is 0.438. The first-order chi connectivity index (χ1) is 10.1. The van der Waals surface area contributed by atoms with Gasteiger partial charge in [-0.2, -0.15) is 0 Å². The Hall–Kier alpha value is -2.17. The maximum absolute atomic E-state index is 10.8. The third-order valence-electron chi connectivity index (χ3n) is 4.25. The van der Waals surface area contributed by atoms with Crippen molar-refractivity contribution in [3.05, 3.63) is 40.4 Å². The summed E-state index contributed by atoms with van der Waals surface area (Å²) >= 11 is 0. The zero-order valence-electron chi connectivity index (χ0n) is 12.1. The van der Waals surface area contributed by atoms with E-state index in [9.17, 15) is 10.1 Å². The number of hydrogen-bond acceptors (Lipinski definition) is 4. The van der Waals surface area contributed by atoms with E-state index in [1.807, 2.05) is 12.1 Å². The van der Waals surface area contributed by atoms with Crippen molar-refractivity contribution in [1.82, 2.24) is 4.98 Å². The molecule has 0 radical (unpaired) electrons. The molecule has 5 nitrogen and oxygen atoms in total. The number of rotatable bonds is 3. The molecule has 0 saturated heterocycles. The SMILES string of the molecule is CC1CCC(Nc2ccc3cc([N+](=O)[O-])ccc3n2)CC1. The summed E-state index contributed by atoms with van der Waals surface area (Å²) in [6, 6.07) is 9.06. The highest BCUT2D eigenvalue weighted by Crippen LogP contribution is 2.26. The normalized spacial score (nSPS) is 22.1. The summed E-state index contributed by atoms with van der Waals surface area (Å²) in [4.78, 5) is 14.9. The summed E-state index contributed by atoms with van der Waals surface area (Å²) < 4.78 is 0. The van der Waals surface area contributed by atoms with Gasteiger partial charge in [0.2, 0.25) is 0 Å². The average molecular weight is 285 g/mol. The molecule has 1 heterocycles. The van der Waals surface area contributed by atoms with Crippen molar-refractivity contribution in [3.8, 4) is 0 Å². The Kier molecular flexibility index (Phi) is 3.73. The quantitative estimate of drug-likeness (QED) is 0.680. The zero-order chi connectivity index (χ0) is 14.8. The predicted octanol–water partition coefficient (Wildman–Crippen LogP) is 4.13. The lowest BCUT2D eigenvalue weighted by molar-refractivity contribution is -0.384. The molecule has 1 saturated carbocycles. The van der Waals surface area contributed by atoms with Gasteiger partial charge in [-0.15, -0.1) is 0 Å². The lowest BCUT2D eigenvalue weighted by Crippen LogP contribution is -2.25. The summed E-state index contributed by atoms with van der Waals surface area (Å²) in [7, 11) is 0. The first-order valence-corrected chi connectivity index (χ1v) is 7.43. The first kappa shape index (κ1) is 13.8. The second kappa shape index (κ2) is 5.68. The number of fused-ring (bicyclic) bond motifs is 1. The minimum absolute atomic E-state index is 0.103. The Bertz CT molecular complexity index is 664. The second-order valence-corrected chi connectivity index (χ2v) is 5.93. The maximum Gasteiger partial charge on any atom is 0.270 e. The van der Waals surface area contributed by atoms with E-state index in [2.05, 4.69) is 17.2 Å². The van der Waals surface area contributed by atoms with Gasteiger partial charge >= 0.3 is 0 Å². The van der Waals surface area contributed by atoms with E-state index in [-0.39, 0.29) is 10.6 Å². The number of hydrogen-bond donors (Lipinski definition) is 1. The van der Waals surface area contributed by atoms with Crippen molar-refractivity contribution < 1.29 is 4.92 Å². The van der Waals surface area contributed by atoms with Crippen LogP contribution >= 0.6 is 0 Å². The summed E-state index contributed by atoms with van der Waals surface area (Å²) in [5, 5.41) is 15.1. The molecule has 1 aromatic carbocycles. The molecule has 0 aliphatic heterocycles. The van der Waals surface area contributed by atoms with Crippen molar-refractivity contribution in [2.75, 3.05) is 5.32 Å². The molecule has 5 heteroatoms. The first-order valence-electron chi connectivity index (χ1n) is 7.43. The van der Waals surface area contributed by atoms with Gasteiger partial charge in [-0.05, 0) is 49.8 Å². The molecule has 3 rings (SSSR count). The molecule has 0 spiro atoms. The van der Waals surface area contributed by atoms with E-state index in [1.54, 1.807) is 12.1 Å². The summed E-state index contributed by atoms with van der Waals surface area (Å²) in [5.74, 6) is 1.68. The van der Waals surface area contributed by atoms with Crippen LogP contribution in [0, 0.1) is 16.0 Å². The predicted molar refractivity (Wildman–Crippen MR) is 83.4 cm³/mol. The number of nitrogens with one attached hydrogen (secondary N) is 1. The molecule has 1 aliphatic rings. The number of aromatic nitrogens is 1. The highest BCUT2D eigenvalue weighted by atomic mass is 16.6. The lowest BCUT2D eigenvalue weighted by Gasteiger charge is -2.27. The van der Waals surface area contributed by atoms with Gasteiger partial charge in [-0.1, -0.05) is 6.92 Å². The van der Waals surface area contributed by atoms with Crippen LogP contribution in [-0.4, -0.2) is 15.9 Å². The molecule has 21 heavy (non-hydrogen) atoms. The van der Waals surface area contributed by atoms with E-state index in [0.29, 0.717) is 6.04 Å². The average Bonchev–Trinajstić information content (AvgIpc) is 2.49. The van der Waals surface area contributed by atoms with Gasteiger partial charge < -0.3 is 5.32 Å². The summed E-state index contributed by atoms with van der Waals surface area (Å²) in [6.45, 7) is 2.30. The van der Waals surface area contributed by atoms with Crippen LogP contribution in [-0.2, 0) is 0 Å². The summed E-state index contributed by atoms with van der Waals surface area (Å²) in [5.41, 5.74) is 0.890. The zero-order valence-corrected chi connectivity index (χ0v) is 12.1. The molecule has 0 amide bonds. The Morgan fingerprint density at radius 3 is 2.67 bits per heavy atom. The van der Waals surface area contributed by atoms with Crippen LogP contribution in [0.4, 0.5) is 11.5 Å². The monoisotopic (exact) mass is 285 g/mol.